The SMILES string of the molecule is CCc1cnn(CC)c1C(F)(F)F. The van der Waals surface area contributed by atoms with Crippen LogP contribution in [0.3, 0.4) is 0 Å². The summed E-state index contributed by atoms with van der Waals surface area (Å²) >= 11 is 0. The van der Waals surface area contributed by atoms with E-state index in [1.165, 1.54) is 6.20 Å². The average molecular weight is 192 g/mol. The van der Waals surface area contributed by atoms with E-state index in [2.05, 4.69) is 5.10 Å². The van der Waals surface area contributed by atoms with E-state index in [0.29, 0.717) is 6.42 Å². The van der Waals surface area contributed by atoms with E-state index < -0.39 is 11.9 Å². The van der Waals surface area contributed by atoms with Crippen LogP contribution < -0.4 is 0 Å². The first-order valence-electron chi connectivity index (χ1n) is 4.12. The van der Waals surface area contributed by atoms with Gasteiger partial charge in [-0.05, 0) is 13.3 Å². The van der Waals surface area contributed by atoms with E-state index in [4.69, 9.17) is 0 Å². The van der Waals surface area contributed by atoms with Crippen LogP contribution in [0.4, 0.5) is 13.2 Å². The highest BCUT2D eigenvalue weighted by Crippen LogP contribution is 2.31. The van der Waals surface area contributed by atoms with Crippen LogP contribution in [0.25, 0.3) is 0 Å². The second kappa shape index (κ2) is 3.40. The van der Waals surface area contributed by atoms with Gasteiger partial charge in [0.15, 0.2) is 0 Å². The Kier molecular flexibility index (Phi) is 2.63. The summed E-state index contributed by atoms with van der Waals surface area (Å²) in [5, 5.41) is 3.67. The topological polar surface area (TPSA) is 17.8 Å². The third kappa shape index (κ3) is 1.84. The van der Waals surface area contributed by atoms with Crippen molar-refractivity contribution in [3.8, 4) is 0 Å². The molecule has 74 valence electrons. The summed E-state index contributed by atoms with van der Waals surface area (Å²) < 4.78 is 38.4. The van der Waals surface area contributed by atoms with Crippen molar-refractivity contribution >= 4 is 0 Å². The van der Waals surface area contributed by atoms with Crippen molar-refractivity contribution in [3.05, 3.63) is 17.5 Å². The molecule has 2 nitrogen and oxygen atoms in total. The highest BCUT2D eigenvalue weighted by Gasteiger charge is 2.37. The first kappa shape index (κ1) is 10.1. The number of hydrogen-bond donors (Lipinski definition) is 0. The maximum atomic E-state index is 12.5. The molecule has 0 radical (unpaired) electrons. The molecular weight excluding hydrogens is 181 g/mol. The Morgan fingerprint density at radius 1 is 1.38 bits per heavy atom. The number of rotatable bonds is 2. The number of halogens is 3. The first-order chi connectivity index (χ1) is 6.00. The summed E-state index contributed by atoms with van der Waals surface area (Å²) in [4.78, 5) is 0. The van der Waals surface area contributed by atoms with Gasteiger partial charge in [-0.2, -0.15) is 18.3 Å². The Hall–Kier alpha value is -1.00. The van der Waals surface area contributed by atoms with Crippen molar-refractivity contribution in [2.75, 3.05) is 0 Å². The third-order valence-corrected chi connectivity index (χ3v) is 1.86. The lowest BCUT2D eigenvalue weighted by Crippen LogP contribution is -2.15. The number of aromatic nitrogens is 2. The van der Waals surface area contributed by atoms with E-state index >= 15 is 0 Å². The molecule has 0 atom stereocenters. The molecule has 0 aromatic carbocycles. The number of hydrogen-bond acceptors (Lipinski definition) is 1. The lowest BCUT2D eigenvalue weighted by molar-refractivity contribution is -0.144. The monoisotopic (exact) mass is 192 g/mol. The molecule has 1 aromatic rings. The second-order valence-electron chi connectivity index (χ2n) is 2.69. The van der Waals surface area contributed by atoms with Gasteiger partial charge < -0.3 is 0 Å². The summed E-state index contributed by atoms with van der Waals surface area (Å²) in [6.07, 6.45) is -2.65. The largest absolute Gasteiger partial charge is 0.433 e. The zero-order valence-corrected chi connectivity index (χ0v) is 7.52. The van der Waals surface area contributed by atoms with Gasteiger partial charge in [0.25, 0.3) is 0 Å². The minimum atomic E-state index is -4.29. The fourth-order valence-corrected chi connectivity index (χ4v) is 1.25. The van der Waals surface area contributed by atoms with Crippen LogP contribution in [0, 0.1) is 0 Å². The van der Waals surface area contributed by atoms with Crippen LogP contribution in [0.2, 0.25) is 0 Å². The summed E-state index contributed by atoms with van der Waals surface area (Å²) in [5.74, 6) is 0. The number of aryl methyl sites for hydroxylation is 2. The molecule has 0 spiro atoms. The fraction of sp³-hybridized carbons (Fsp3) is 0.625. The molecule has 1 rings (SSSR count). The standard InChI is InChI=1S/C8H11F3N2/c1-3-6-5-12-13(4-2)7(6)8(9,10)11/h5H,3-4H2,1-2H3. The van der Waals surface area contributed by atoms with Crippen LogP contribution in [0.1, 0.15) is 25.1 Å². The molecule has 0 aliphatic rings. The van der Waals surface area contributed by atoms with Gasteiger partial charge >= 0.3 is 6.18 Å². The minimum absolute atomic E-state index is 0.245. The highest BCUT2D eigenvalue weighted by atomic mass is 19.4. The van der Waals surface area contributed by atoms with Gasteiger partial charge in [-0.3, -0.25) is 4.68 Å². The maximum Gasteiger partial charge on any atom is 0.433 e. The fourth-order valence-electron chi connectivity index (χ4n) is 1.25. The second-order valence-corrected chi connectivity index (χ2v) is 2.69. The molecule has 1 aromatic heterocycles. The van der Waals surface area contributed by atoms with Gasteiger partial charge in [-0.1, -0.05) is 6.92 Å². The van der Waals surface area contributed by atoms with Crippen molar-refractivity contribution in [1.29, 1.82) is 0 Å². The molecule has 13 heavy (non-hydrogen) atoms. The van der Waals surface area contributed by atoms with E-state index in [0.717, 1.165) is 4.68 Å². The lowest BCUT2D eigenvalue weighted by atomic mass is 10.2. The molecule has 0 N–H and O–H groups in total. The minimum Gasteiger partial charge on any atom is -0.260 e. The van der Waals surface area contributed by atoms with Crippen LogP contribution in [-0.4, -0.2) is 9.78 Å². The summed E-state index contributed by atoms with van der Waals surface area (Å²) in [5.41, 5.74) is -0.355. The molecule has 0 aliphatic carbocycles. The molecule has 5 heteroatoms. The summed E-state index contributed by atoms with van der Waals surface area (Å²) in [6.45, 7) is 3.57. The van der Waals surface area contributed by atoms with E-state index in [9.17, 15) is 13.2 Å². The van der Waals surface area contributed by atoms with E-state index in [-0.39, 0.29) is 12.1 Å². The summed E-state index contributed by atoms with van der Waals surface area (Å²) in [7, 11) is 0. The van der Waals surface area contributed by atoms with Gasteiger partial charge in [0, 0.05) is 12.1 Å². The predicted molar refractivity (Wildman–Crippen MR) is 42.3 cm³/mol. The van der Waals surface area contributed by atoms with E-state index in [1.54, 1.807) is 13.8 Å². The summed E-state index contributed by atoms with van der Waals surface area (Å²) in [6, 6.07) is 0. The van der Waals surface area contributed by atoms with Crippen molar-refractivity contribution < 1.29 is 13.2 Å². The van der Waals surface area contributed by atoms with Gasteiger partial charge in [-0.15, -0.1) is 0 Å². The smallest absolute Gasteiger partial charge is 0.260 e. The Morgan fingerprint density at radius 2 is 2.00 bits per heavy atom. The molecular formula is C8H11F3N2. The van der Waals surface area contributed by atoms with Crippen molar-refractivity contribution in [3.63, 3.8) is 0 Å². The van der Waals surface area contributed by atoms with Crippen LogP contribution >= 0.6 is 0 Å². The van der Waals surface area contributed by atoms with Crippen LogP contribution in [0.15, 0.2) is 6.20 Å². The Labute approximate surface area is 74.4 Å². The molecule has 0 saturated heterocycles. The molecule has 0 unspecified atom stereocenters. The maximum absolute atomic E-state index is 12.5. The van der Waals surface area contributed by atoms with Gasteiger partial charge in [0.1, 0.15) is 5.69 Å². The molecule has 0 saturated carbocycles. The van der Waals surface area contributed by atoms with Crippen LogP contribution in [0.5, 0.6) is 0 Å². The Morgan fingerprint density at radius 3 is 2.38 bits per heavy atom. The Balaban J connectivity index is 3.20. The average Bonchev–Trinajstić information content (AvgIpc) is 2.45. The predicted octanol–water partition coefficient (Wildman–Crippen LogP) is 2.48. The molecule has 0 amide bonds. The zero-order valence-electron chi connectivity index (χ0n) is 7.52. The quantitative estimate of drug-likeness (QED) is 0.703. The van der Waals surface area contributed by atoms with Gasteiger partial charge in [0.2, 0.25) is 0 Å². The zero-order chi connectivity index (χ0) is 10.1. The normalized spacial score (nSPS) is 12.1. The molecule has 0 fully saturated rings. The lowest BCUT2D eigenvalue weighted by Gasteiger charge is -2.10. The van der Waals surface area contributed by atoms with Crippen molar-refractivity contribution in [2.45, 2.75) is 33.0 Å². The first-order valence-corrected chi connectivity index (χ1v) is 4.12. The number of alkyl halides is 3. The van der Waals surface area contributed by atoms with E-state index in [1.807, 2.05) is 0 Å². The Bertz CT molecular complexity index is 267. The number of nitrogens with zero attached hydrogens (tertiary/aromatic N) is 2. The van der Waals surface area contributed by atoms with Gasteiger partial charge in [-0.25, -0.2) is 0 Å². The molecule has 0 bridgehead atoms. The molecule has 1 heterocycles. The molecule has 0 aliphatic heterocycles. The van der Waals surface area contributed by atoms with Crippen molar-refractivity contribution in [1.82, 2.24) is 9.78 Å². The highest BCUT2D eigenvalue weighted by molar-refractivity contribution is 5.20. The third-order valence-electron chi connectivity index (χ3n) is 1.86. The van der Waals surface area contributed by atoms with Crippen LogP contribution in [-0.2, 0) is 19.1 Å². The van der Waals surface area contributed by atoms with Crippen molar-refractivity contribution in [2.24, 2.45) is 0 Å². The van der Waals surface area contributed by atoms with Gasteiger partial charge in [0.05, 0.1) is 6.20 Å².